The van der Waals surface area contributed by atoms with Crippen LogP contribution in [0.15, 0.2) is 194 Å². The molecule has 0 aliphatic carbocycles. The smallest absolute Gasteiger partial charge is 0.166 e. The Morgan fingerprint density at radius 3 is 1.62 bits per heavy atom. The van der Waals surface area contributed by atoms with Crippen LogP contribution in [0.2, 0.25) is 0 Å². The van der Waals surface area contributed by atoms with Gasteiger partial charge in [0, 0.05) is 32.8 Å². The van der Waals surface area contributed by atoms with Crippen molar-refractivity contribution in [3.63, 3.8) is 0 Å². The molecule has 0 bridgehead atoms. The summed E-state index contributed by atoms with van der Waals surface area (Å²) in [5.74, 6) is 1.88. The molecule has 0 atom stereocenters. The van der Waals surface area contributed by atoms with Crippen LogP contribution < -0.4 is 0 Å². The van der Waals surface area contributed by atoms with Crippen molar-refractivity contribution in [3.8, 4) is 51.0 Å². The Morgan fingerprint density at radius 2 is 0.836 bits per heavy atom. The molecule has 4 heteroatoms. The Balaban J connectivity index is 1.15. The van der Waals surface area contributed by atoms with E-state index in [9.17, 15) is 0 Å². The summed E-state index contributed by atoms with van der Waals surface area (Å²) < 4.78 is 2.42. The van der Waals surface area contributed by atoms with Gasteiger partial charge in [-0.3, -0.25) is 0 Å². The van der Waals surface area contributed by atoms with E-state index >= 15 is 0 Å². The van der Waals surface area contributed by atoms with Crippen LogP contribution in [0.3, 0.4) is 0 Å². The van der Waals surface area contributed by atoms with Gasteiger partial charge in [-0.15, -0.1) is 0 Å². The molecule has 11 rings (SSSR count). The predicted molar refractivity (Wildman–Crippen MR) is 228 cm³/mol. The summed E-state index contributed by atoms with van der Waals surface area (Å²) in [7, 11) is 0. The zero-order chi connectivity index (χ0) is 36.3. The molecule has 0 amide bonds. The molecular weight excluding hydrogens is 669 g/mol. The van der Waals surface area contributed by atoms with Gasteiger partial charge in [-0.1, -0.05) is 170 Å². The third kappa shape index (κ3) is 5.19. The average molecular weight is 701 g/mol. The van der Waals surface area contributed by atoms with Crippen LogP contribution in [0.25, 0.3) is 105 Å². The quantitative estimate of drug-likeness (QED) is 0.179. The van der Waals surface area contributed by atoms with E-state index in [1.807, 2.05) is 18.2 Å². The molecule has 2 heterocycles. The fourth-order valence-corrected chi connectivity index (χ4v) is 8.18. The van der Waals surface area contributed by atoms with Gasteiger partial charge in [-0.05, 0) is 62.3 Å². The minimum atomic E-state index is 0.620. The topological polar surface area (TPSA) is 43.6 Å². The van der Waals surface area contributed by atoms with Gasteiger partial charge in [0.15, 0.2) is 17.5 Å². The lowest BCUT2D eigenvalue weighted by Gasteiger charge is -2.17. The third-order valence-corrected chi connectivity index (χ3v) is 10.8. The van der Waals surface area contributed by atoms with Gasteiger partial charge in [-0.2, -0.15) is 0 Å². The third-order valence-electron chi connectivity index (χ3n) is 10.8. The Bertz CT molecular complexity index is 3250. The molecule has 9 aromatic carbocycles. The number of fused-ring (bicyclic) bond motifs is 7. The van der Waals surface area contributed by atoms with E-state index in [1.54, 1.807) is 0 Å². The molecule has 0 aliphatic heterocycles. The molecule has 0 spiro atoms. The summed E-state index contributed by atoms with van der Waals surface area (Å²) in [6.07, 6.45) is 0. The van der Waals surface area contributed by atoms with E-state index in [1.165, 1.54) is 37.9 Å². The lowest BCUT2D eigenvalue weighted by atomic mass is 10.00. The maximum Gasteiger partial charge on any atom is 0.166 e. The molecule has 4 nitrogen and oxygen atoms in total. The number of hydrogen-bond acceptors (Lipinski definition) is 3. The molecule has 0 N–H and O–H groups in total. The minimum absolute atomic E-state index is 0.620. The molecule has 256 valence electrons. The highest BCUT2D eigenvalue weighted by molar-refractivity contribution is 6.22. The van der Waals surface area contributed by atoms with Crippen LogP contribution in [0, 0.1) is 0 Å². The first-order valence-corrected chi connectivity index (χ1v) is 18.6. The summed E-state index contributed by atoms with van der Waals surface area (Å²) in [4.78, 5) is 15.6. The highest BCUT2D eigenvalue weighted by atomic mass is 15.1. The van der Waals surface area contributed by atoms with Gasteiger partial charge in [0.05, 0.1) is 16.7 Å². The van der Waals surface area contributed by atoms with Crippen molar-refractivity contribution in [2.75, 3.05) is 0 Å². The SMILES string of the molecule is c1ccc(-c2nc(-c3ccc(-c4ccc5ccccc5c4)cc3)nc(-c3ccc4ccccc4c3-n3c4ccccc4c4c5ccccc5ccc43)n2)cc1. The molecule has 0 saturated heterocycles. The maximum atomic E-state index is 5.29. The molecule has 0 aliphatic rings. The highest BCUT2D eigenvalue weighted by Crippen LogP contribution is 2.42. The highest BCUT2D eigenvalue weighted by Gasteiger charge is 2.22. The molecule has 0 fully saturated rings. The molecule has 0 unspecified atom stereocenters. The summed E-state index contributed by atoms with van der Waals surface area (Å²) in [6, 6.07) is 68.7. The van der Waals surface area contributed by atoms with E-state index in [0.717, 1.165) is 49.7 Å². The Hall–Kier alpha value is -7.43. The fraction of sp³-hybridized carbons (Fsp3) is 0. The van der Waals surface area contributed by atoms with Crippen LogP contribution >= 0.6 is 0 Å². The summed E-state index contributed by atoms with van der Waals surface area (Å²) >= 11 is 0. The summed E-state index contributed by atoms with van der Waals surface area (Å²) in [5, 5.41) is 9.63. The van der Waals surface area contributed by atoms with Gasteiger partial charge < -0.3 is 4.57 Å². The van der Waals surface area contributed by atoms with Crippen LogP contribution in [-0.4, -0.2) is 19.5 Å². The first-order chi connectivity index (χ1) is 27.3. The van der Waals surface area contributed by atoms with E-state index < -0.39 is 0 Å². The van der Waals surface area contributed by atoms with Crippen LogP contribution in [0.5, 0.6) is 0 Å². The molecule has 0 saturated carbocycles. The lowest BCUT2D eigenvalue weighted by molar-refractivity contribution is 1.07. The van der Waals surface area contributed by atoms with E-state index in [0.29, 0.717) is 17.5 Å². The van der Waals surface area contributed by atoms with Gasteiger partial charge in [-0.25, -0.2) is 15.0 Å². The van der Waals surface area contributed by atoms with Crippen molar-refractivity contribution >= 4 is 54.1 Å². The van der Waals surface area contributed by atoms with Crippen molar-refractivity contribution in [3.05, 3.63) is 194 Å². The Labute approximate surface area is 317 Å². The van der Waals surface area contributed by atoms with Crippen molar-refractivity contribution in [2.24, 2.45) is 0 Å². The normalized spacial score (nSPS) is 11.6. The number of aromatic nitrogens is 4. The van der Waals surface area contributed by atoms with Gasteiger partial charge in [0.25, 0.3) is 0 Å². The zero-order valence-corrected chi connectivity index (χ0v) is 29.8. The van der Waals surface area contributed by atoms with Crippen LogP contribution in [-0.2, 0) is 0 Å². The standard InChI is InChI=1S/C51H32N4/c1-2-15-37(16-3-1)49-52-50(38-25-22-34(23-26-38)40-27-24-33-12-4-5-17-39(33)32-40)54-51(53-49)44-30-28-36-14-7-9-19-42(36)48(44)55-45-21-11-10-20-43(45)47-41-18-8-6-13-35(41)29-31-46(47)55/h1-32H. The number of nitrogens with zero attached hydrogens (tertiary/aromatic N) is 4. The first-order valence-electron chi connectivity index (χ1n) is 18.6. The zero-order valence-electron chi connectivity index (χ0n) is 29.8. The average Bonchev–Trinajstić information content (AvgIpc) is 3.60. The number of para-hydroxylation sites is 1. The van der Waals surface area contributed by atoms with Gasteiger partial charge in [0.2, 0.25) is 0 Å². The number of benzene rings is 9. The Morgan fingerprint density at radius 1 is 0.309 bits per heavy atom. The predicted octanol–water partition coefficient (Wildman–Crippen LogP) is 13.1. The van der Waals surface area contributed by atoms with Crippen LogP contribution in [0.4, 0.5) is 0 Å². The van der Waals surface area contributed by atoms with Crippen molar-refractivity contribution in [1.82, 2.24) is 19.5 Å². The second kappa shape index (κ2) is 12.6. The van der Waals surface area contributed by atoms with Crippen molar-refractivity contribution in [1.29, 1.82) is 0 Å². The summed E-state index contributed by atoms with van der Waals surface area (Å²) in [6.45, 7) is 0. The molecule has 11 aromatic rings. The maximum absolute atomic E-state index is 5.29. The molecule has 55 heavy (non-hydrogen) atoms. The van der Waals surface area contributed by atoms with Crippen LogP contribution in [0.1, 0.15) is 0 Å². The van der Waals surface area contributed by atoms with Gasteiger partial charge >= 0.3 is 0 Å². The molecule has 0 radical (unpaired) electrons. The fourth-order valence-electron chi connectivity index (χ4n) is 8.18. The second-order valence-corrected chi connectivity index (χ2v) is 14.0. The number of rotatable bonds is 5. The Kier molecular flexibility index (Phi) is 7.14. The second-order valence-electron chi connectivity index (χ2n) is 14.0. The first kappa shape index (κ1) is 31.1. The molecular formula is C51H32N4. The summed E-state index contributed by atoms with van der Waals surface area (Å²) in [5.41, 5.74) is 8.43. The van der Waals surface area contributed by atoms with E-state index in [-0.39, 0.29) is 0 Å². The van der Waals surface area contributed by atoms with E-state index in [2.05, 4.69) is 180 Å². The minimum Gasteiger partial charge on any atom is -0.308 e. The van der Waals surface area contributed by atoms with Crippen molar-refractivity contribution < 1.29 is 0 Å². The largest absolute Gasteiger partial charge is 0.308 e. The monoisotopic (exact) mass is 700 g/mol. The number of hydrogen-bond donors (Lipinski definition) is 0. The van der Waals surface area contributed by atoms with Crippen molar-refractivity contribution in [2.45, 2.75) is 0 Å². The van der Waals surface area contributed by atoms with E-state index in [4.69, 9.17) is 15.0 Å². The molecule has 2 aromatic heterocycles. The lowest BCUT2D eigenvalue weighted by Crippen LogP contribution is -2.04. The van der Waals surface area contributed by atoms with Gasteiger partial charge in [0.1, 0.15) is 0 Å².